The second-order valence-corrected chi connectivity index (χ2v) is 26.4. The zero-order valence-corrected chi connectivity index (χ0v) is 59.6. The third-order valence-corrected chi connectivity index (χ3v) is 17.9. The lowest BCUT2D eigenvalue weighted by Gasteiger charge is -2.46. The van der Waals surface area contributed by atoms with Gasteiger partial charge in [-0.2, -0.15) is 0 Å². The first-order chi connectivity index (χ1) is 46.6. The van der Waals surface area contributed by atoms with Crippen molar-refractivity contribution in [2.75, 3.05) is 19.8 Å². The summed E-state index contributed by atoms with van der Waals surface area (Å²) < 4.78 is 22.9. The van der Waals surface area contributed by atoms with Crippen molar-refractivity contribution in [1.82, 2.24) is 5.32 Å². The standard InChI is InChI=1S/C81H139NO13/c1-3-5-7-9-11-13-15-17-19-21-23-25-27-28-29-30-31-32-33-34-35-36-37-38-39-40-41-42-43-45-47-49-51-53-55-57-59-61-63-65-73(86)82-69(68-92-80-78(91)76(89)79(72(67-84)94-80)95-81-77(90)75(88)74(87)71(66-83)93-81)70(85)64-62-60-58-56-54-52-50-48-46-44-26-24-22-20-18-16-14-12-10-8-6-4-2/h5,7,11,13,17,19,23,25,28-29,31-32,34-35,46,48,54,56,62,64,69-72,74-81,83-85,87-91H,3-4,6,8-10,12,14-16,18,20-22,24,26-27,30,33,36-45,47,49-53,55,57-61,63,65-68H2,1-2H3,(H,82,86)/b7-5-,13-11-,19-17-,25-23-,29-28-,32-31-,35-34-,48-46+,56-54+,64-62+. The molecular formula is C81H139NO13. The smallest absolute Gasteiger partial charge is 0.220 e. The summed E-state index contributed by atoms with van der Waals surface area (Å²) >= 11 is 0. The number of hydrogen-bond acceptors (Lipinski definition) is 13. The molecule has 2 aliphatic rings. The summed E-state index contributed by atoms with van der Waals surface area (Å²) in [7, 11) is 0. The van der Waals surface area contributed by atoms with Gasteiger partial charge in [0.2, 0.25) is 5.91 Å². The normalized spacial score (nSPS) is 23.1. The van der Waals surface area contributed by atoms with Gasteiger partial charge in [0.1, 0.15) is 48.8 Å². The molecule has 2 aliphatic heterocycles. The largest absolute Gasteiger partial charge is 0.394 e. The lowest BCUT2D eigenvalue weighted by Crippen LogP contribution is -2.65. The van der Waals surface area contributed by atoms with Crippen LogP contribution in [0.15, 0.2) is 122 Å². The number of carbonyl (C=O) groups is 1. The molecule has 0 bridgehead atoms. The second kappa shape index (κ2) is 63.8. The fourth-order valence-corrected chi connectivity index (χ4v) is 11.8. The van der Waals surface area contributed by atoms with Crippen LogP contribution in [-0.4, -0.2) is 140 Å². The number of nitrogens with one attached hydrogen (secondary N) is 1. The molecule has 2 fully saturated rings. The first kappa shape index (κ1) is 87.5. The molecular weight excluding hydrogens is 1190 g/mol. The molecule has 12 atom stereocenters. The average molecular weight is 1330 g/mol. The van der Waals surface area contributed by atoms with Crippen LogP contribution in [0.25, 0.3) is 0 Å². The minimum absolute atomic E-state index is 0.254. The van der Waals surface area contributed by atoms with Gasteiger partial charge in [0, 0.05) is 6.42 Å². The third-order valence-electron chi connectivity index (χ3n) is 17.9. The molecule has 0 radical (unpaired) electrons. The minimum Gasteiger partial charge on any atom is -0.394 e. The monoisotopic (exact) mass is 1330 g/mol. The Morgan fingerprint density at radius 1 is 0.389 bits per heavy atom. The lowest BCUT2D eigenvalue weighted by molar-refractivity contribution is -0.359. The van der Waals surface area contributed by atoms with Gasteiger partial charge in [-0.15, -0.1) is 0 Å². The number of ether oxygens (including phenoxy) is 4. The van der Waals surface area contributed by atoms with Crippen molar-refractivity contribution in [1.29, 1.82) is 0 Å². The Kier molecular flexibility index (Phi) is 58.8. The lowest BCUT2D eigenvalue weighted by atomic mass is 9.97. The Labute approximate surface area is 578 Å². The minimum atomic E-state index is -1.80. The summed E-state index contributed by atoms with van der Waals surface area (Å²) in [6.45, 7) is 2.68. The molecule has 9 N–H and O–H groups in total. The van der Waals surface area contributed by atoms with Crippen LogP contribution in [0.5, 0.6) is 0 Å². The Balaban J connectivity index is 1.62. The van der Waals surface area contributed by atoms with E-state index in [-0.39, 0.29) is 18.9 Å². The van der Waals surface area contributed by atoms with Crippen molar-refractivity contribution in [3.05, 3.63) is 122 Å². The quantitative estimate of drug-likeness (QED) is 0.0204. The van der Waals surface area contributed by atoms with Crippen LogP contribution in [0, 0.1) is 0 Å². The van der Waals surface area contributed by atoms with Gasteiger partial charge in [-0.05, 0) is 103 Å². The molecule has 546 valence electrons. The zero-order valence-electron chi connectivity index (χ0n) is 59.6. The number of unbranched alkanes of at least 4 members (excludes halogenated alkanes) is 31. The summed E-state index contributed by atoms with van der Waals surface area (Å²) in [6.07, 6.45) is 77.0. The van der Waals surface area contributed by atoms with Gasteiger partial charge >= 0.3 is 0 Å². The summed E-state index contributed by atoms with van der Waals surface area (Å²) in [5.74, 6) is -0.254. The van der Waals surface area contributed by atoms with Crippen LogP contribution in [0.3, 0.4) is 0 Å². The van der Waals surface area contributed by atoms with Gasteiger partial charge in [0.05, 0.1) is 32.0 Å². The van der Waals surface area contributed by atoms with Gasteiger partial charge in [-0.25, -0.2) is 0 Å². The average Bonchev–Trinajstić information content (AvgIpc) is 0.801. The van der Waals surface area contributed by atoms with Crippen LogP contribution in [-0.2, 0) is 23.7 Å². The van der Waals surface area contributed by atoms with Crippen molar-refractivity contribution in [3.63, 3.8) is 0 Å². The molecule has 2 saturated heterocycles. The SMILES string of the molecule is CC/C=C\C/C=C\C/C=C\C/C=C\C/C=C\C/C=C\C/C=C\CCCCCCCCCCCCCCCCCCCC(=O)NC(COC1OC(CO)C(OC2OC(CO)C(O)C(O)C2O)C(O)C1O)C(O)/C=C/CC/C=C/CC/C=C/CCCCCCCCCCCCCC. The Hall–Kier alpha value is -3.61. The van der Waals surface area contributed by atoms with E-state index in [0.29, 0.717) is 12.8 Å². The zero-order chi connectivity index (χ0) is 68.7. The van der Waals surface area contributed by atoms with Crippen molar-refractivity contribution in [2.45, 2.75) is 364 Å². The predicted molar refractivity (Wildman–Crippen MR) is 392 cm³/mol. The number of rotatable bonds is 62. The maximum absolute atomic E-state index is 13.4. The molecule has 14 nitrogen and oxygen atoms in total. The van der Waals surface area contributed by atoms with E-state index in [1.54, 1.807) is 6.08 Å². The van der Waals surface area contributed by atoms with Crippen LogP contribution >= 0.6 is 0 Å². The van der Waals surface area contributed by atoms with Crippen LogP contribution in [0.4, 0.5) is 0 Å². The first-order valence-corrected chi connectivity index (χ1v) is 38.3. The van der Waals surface area contributed by atoms with E-state index in [1.807, 2.05) is 6.08 Å². The highest BCUT2D eigenvalue weighted by molar-refractivity contribution is 5.76. The number of aliphatic hydroxyl groups excluding tert-OH is 8. The molecule has 0 aromatic carbocycles. The van der Waals surface area contributed by atoms with Gasteiger partial charge in [0.15, 0.2) is 12.6 Å². The number of carbonyl (C=O) groups excluding carboxylic acids is 1. The van der Waals surface area contributed by atoms with Crippen molar-refractivity contribution in [2.24, 2.45) is 0 Å². The molecule has 2 rings (SSSR count). The predicted octanol–water partition coefficient (Wildman–Crippen LogP) is 16.8. The molecule has 95 heavy (non-hydrogen) atoms. The Bertz CT molecular complexity index is 2060. The molecule has 12 unspecified atom stereocenters. The van der Waals surface area contributed by atoms with Crippen molar-refractivity contribution >= 4 is 5.91 Å². The van der Waals surface area contributed by atoms with E-state index in [4.69, 9.17) is 18.9 Å². The van der Waals surface area contributed by atoms with E-state index in [2.05, 4.69) is 129 Å². The number of amides is 1. The maximum atomic E-state index is 13.4. The summed E-state index contributed by atoms with van der Waals surface area (Å²) in [4.78, 5) is 13.4. The van der Waals surface area contributed by atoms with E-state index in [0.717, 1.165) is 89.9 Å². The Morgan fingerprint density at radius 3 is 1.16 bits per heavy atom. The molecule has 1 amide bonds. The fourth-order valence-electron chi connectivity index (χ4n) is 11.8. The van der Waals surface area contributed by atoms with E-state index >= 15 is 0 Å². The van der Waals surface area contributed by atoms with E-state index in [9.17, 15) is 45.6 Å². The van der Waals surface area contributed by atoms with E-state index < -0.39 is 86.8 Å². The van der Waals surface area contributed by atoms with Crippen LogP contribution in [0.2, 0.25) is 0 Å². The highest BCUT2D eigenvalue weighted by atomic mass is 16.7. The van der Waals surface area contributed by atoms with Crippen LogP contribution in [0.1, 0.15) is 290 Å². The Morgan fingerprint density at radius 2 is 0.737 bits per heavy atom. The number of aliphatic hydroxyl groups is 8. The number of allylic oxidation sites excluding steroid dienone is 19. The first-order valence-electron chi connectivity index (χ1n) is 38.3. The molecule has 0 aliphatic carbocycles. The maximum Gasteiger partial charge on any atom is 0.220 e. The van der Waals surface area contributed by atoms with Crippen molar-refractivity contribution < 1.29 is 64.6 Å². The van der Waals surface area contributed by atoms with Crippen molar-refractivity contribution in [3.8, 4) is 0 Å². The molecule has 0 spiro atoms. The highest BCUT2D eigenvalue weighted by Crippen LogP contribution is 2.30. The molecule has 0 saturated carbocycles. The van der Waals surface area contributed by atoms with Gasteiger partial charge < -0.3 is 65.1 Å². The van der Waals surface area contributed by atoms with E-state index in [1.165, 1.54) is 167 Å². The summed E-state index contributed by atoms with van der Waals surface area (Å²) in [5, 5.41) is 87.5. The summed E-state index contributed by atoms with van der Waals surface area (Å²) in [6, 6.07) is -0.945. The molecule has 2 heterocycles. The second-order valence-electron chi connectivity index (χ2n) is 26.4. The highest BCUT2D eigenvalue weighted by Gasteiger charge is 2.51. The van der Waals surface area contributed by atoms with Crippen LogP contribution < -0.4 is 5.32 Å². The molecule has 14 heteroatoms. The number of hydrogen-bond donors (Lipinski definition) is 9. The van der Waals surface area contributed by atoms with Gasteiger partial charge in [0.25, 0.3) is 0 Å². The van der Waals surface area contributed by atoms with Gasteiger partial charge in [-0.1, -0.05) is 302 Å². The fraction of sp³-hybridized carbons (Fsp3) is 0.741. The van der Waals surface area contributed by atoms with Gasteiger partial charge in [-0.3, -0.25) is 4.79 Å². The third kappa shape index (κ3) is 47.1. The molecule has 0 aromatic rings. The summed E-state index contributed by atoms with van der Waals surface area (Å²) in [5.41, 5.74) is 0. The topological polar surface area (TPSA) is 228 Å². The molecule has 0 aromatic heterocycles.